The van der Waals surface area contributed by atoms with Gasteiger partial charge >= 0.3 is 0 Å². The van der Waals surface area contributed by atoms with Gasteiger partial charge in [-0.3, -0.25) is 4.79 Å². The lowest BCUT2D eigenvalue weighted by Gasteiger charge is -2.18. The Morgan fingerprint density at radius 1 is 1.40 bits per heavy atom. The number of benzene rings is 1. The van der Waals surface area contributed by atoms with Gasteiger partial charge in [-0.15, -0.1) is 0 Å². The van der Waals surface area contributed by atoms with Crippen LogP contribution >= 0.6 is 0 Å². The van der Waals surface area contributed by atoms with E-state index >= 15 is 0 Å². The highest BCUT2D eigenvalue weighted by Crippen LogP contribution is 2.18. The lowest BCUT2D eigenvalue weighted by atomic mass is 10.1. The van der Waals surface area contributed by atoms with Crippen LogP contribution in [0.1, 0.15) is 23.9 Å². The molecule has 0 radical (unpaired) electrons. The van der Waals surface area contributed by atoms with Crippen LogP contribution in [0.15, 0.2) is 30.6 Å². The molecular formula is C15H20N4O. The Balaban J connectivity index is 2.08. The van der Waals surface area contributed by atoms with Crippen molar-refractivity contribution in [3.8, 4) is 0 Å². The number of anilines is 1. The Bertz CT molecular complexity index is 591. The fraction of sp³-hybridized carbons (Fsp3) is 0.333. The molecule has 1 heterocycles. The molecule has 0 unspecified atom stereocenters. The standard InChI is InChI=1S/C15H20N4O/c1-11-15(18-10-17-11)8-16-14-7-5-4-6-13(14)9-19(3)12(2)20/h4-7,10,16H,8-9H2,1-3H3,(H,17,18). The van der Waals surface area contributed by atoms with Crippen LogP contribution in [-0.2, 0) is 17.9 Å². The number of nitrogens with one attached hydrogen (secondary N) is 2. The van der Waals surface area contributed by atoms with E-state index in [9.17, 15) is 4.79 Å². The Morgan fingerprint density at radius 3 is 2.80 bits per heavy atom. The fourth-order valence-corrected chi connectivity index (χ4v) is 1.94. The van der Waals surface area contributed by atoms with Gasteiger partial charge in [-0.25, -0.2) is 4.98 Å². The molecule has 1 aromatic heterocycles. The monoisotopic (exact) mass is 272 g/mol. The van der Waals surface area contributed by atoms with Crippen molar-refractivity contribution in [2.24, 2.45) is 0 Å². The number of carbonyl (C=O) groups is 1. The molecule has 2 N–H and O–H groups in total. The molecule has 1 aromatic carbocycles. The minimum absolute atomic E-state index is 0.0583. The van der Waals surface area contributed by atoms with Crippen LogP contribution in [0.4, 0.5) is 5.69 Å². The van der Waals surface area contributed by atoms with E-state index in [1.54, 1.807) is 25.2 Å². The zero-order chi connectivity index (χ0) is 14.5. The molecule has 0 atom stereocenters. The molecule has 106 valence electrons. The number of amides is 1. The molecule has 0 fully saturated rings. The minimum atomic E-state index is 0.0583. The van der Waals surface area contributed by atoms with Crippen LogP contribution in [-0.4, -0.2) is 27.8 Å². The number of carbonyl (C=O) groups excluding carboxylic acids is 1. The van der Waals surface area contributed by atoms with Crippen molar-refractivity contribution in [3.05, 3.63) is 47.5 Å². The maximum absolute atomic E-state index is 11.3. The summed E-state index contributed by atoms with van der Waals surface area (Å²) in [7, 11) is 1.80. The quantitative estimate of drug-likeness (QED) is 0.878. The van der Waals surface area contributed by atoms with E-state index in [4.69, 9.17) is 0 Å². The van der Waals surface area contributed by atoms with Gasteiger partial charge in [0.1, 0.15) is 0 Å². The summed E-state index contributed by atoms with van der Waals surface area (Å²) in [5, 5.41) is 3.38. The molecule has 0 bridgehead atoms. The van der Waals surface area contributed by atoms with Gasteiger partial charge in [0.15, 0.2) is 0 Å². The summed E-state index contributed by atoms with van der Waals surface area (Å²) in [5.74, 6) is 0.0583. The number of para-hydroxylation sites is 1. The highest BCUT2D eigenvalue weighted by Gasteiger charge is 2.08. The van der Waals surface area contributed by atoms with Crippen molar-refractivity contribution >= 4 is 11.6 Å². The molecule has 0 saturated carbocycles. The van der Waals surface area contributed by atoms with Crippen LogP contribution < -0.4 is 5.32 Å². The second-order valence-corrected chi connectivity index (χ2v) is 4.86. The van der Waals surface area contributed by atoms with Crippen molar-refractivity contribution in [1.82, 2.24) is 14.9 Å². The van der Waals surface area contributed by atoms with Crippen molar-refractivity contribution in [3.63, 3.8) is 0 Å². The van der Waals surface area contributed by atoms with E-state index in [1.807, 2.05) is 31.2 Å². The van der Waals surface area contributed by atoms with E-state index < -0.39 is 0 Å². The van der Waals surface area contributed by atoms with E-state index in [0.717, 1.165) is 22.6 Å². The summed E-state index contributed by atoms with van der Waals surface area (Å²) in [6.07, 6.45) is 1.70. The van der Waals surface area contributed by atoms with E-state index in [0.29, 0.717) is 13.1 Å². The van der Waals surface area contributed by atoms with Gasteiger partial charge in [0, 0.05) is 31.9 Å². The molecule has 2 aromatic rings. The van der Waals surface area contributed by atoms with Gasteiger partial charge in [-0.1, -0.05) is 18.2 Å². The summed E-state index contributed by atoms with van der Waals surface area (Å²) in [6, 6.07) is 8.01. The Hall–Kier alpha value is -2.30. The molecule has 1 amide bonds. The number of imidazole rings is 1. The number of aromatic amines is 1. The predicted molar refractivity (Wildman–Crippen MR) is 79.2 cm³/mol. The maximum atomic E-state index is 11.3. The highest BCUT2D eigenvalue weighted by molar-refractivity contribution is 5.73. The maximum Gasteiger partial charge on any atom is 0.219 e. The van der Waals surface area contributed by atoms with Crippen LogP contribution in [0.2, 0.25) is 0 Å². The van der Waals surface area contributed by atoms with Gasteiger partial charge in [0.05, 0.1) is 18.6 Å². The molecule has 0 spiro atoms. The zero-order valence-corrected chi connectivity index (χ0v) is 12.1. The summed E-state index contributed by atoms with van der Waals surface area (Å²) in [6.45, 7) is 4.83. The van der Waals surface area contributed by atoms with E-state index in [1.165, 1.54) is 0 Å². The third kappa shape index (κ3) is 3.38. The Morgan fingerprint density at radius 2 is 2.15 bits per heavy atom. The first-order valence-corrected chi connectivity index (χ1v) is 6.60. The zero-order valence-electron chi connectivity index (χ0n) is 12.1. The first-order valence-electron chi connectivity index (χ1n) is 6.60. The number of H-pyrrole nitrogens is 1. The number of aryl methyl sites for hydroxylation is 1. The van der Waals surface area contributed by atoms with Gasteiger partial charge in [-0.2, -0.15) is 0 Å². The smallest absolute Gasteiger partial charge is 0.219 e. The number of nitrogens with zero attached hydrogens (tertiary/aromatic N) is 2. The van der Waals surface area contributed by atoms with E-state index in [-0.39, 0.29) is 5.91 Å². The molecule has 0 saturated heterocycles. The number of rotatable bonds is 5. The minimum Gasteiger partial charge on any atom is -0.379 e. The first-order chi connectivity index (χ1) is 9.58. The lowest BCUT2D eigenvalue weighted by Crippen LogP contribution is -2.23. The summed E-state index contributed by atoms with van der Waals surface area (Å²) < 4.78 is 0. The van der Waals surface area contributed by atoms with Crippen molar-refractivity contribution in [2.45, 2.75) is 26.9 Å². The van der Waals surface area contributed by atoms with Crippen molar-refractivity contribution in [2.75, 3.05) is 12.4 Å². The van der Waals surface area contributed by atoms with Crippen LogP contribution in [0.3, 0.4) is 0 Å². The van der Waals surface area contributed by atoms with E-state index in [2.05, 4.69) is 15.3 Å². The SMILES string of the molecule is CC(=O)N(C)Cc1ccccc1NCc1nc[nH]c1C. The molecular weight excluding hydrogens is 252 g/mol. The van der Waals surface area contributed by atoms with Gasteiger partial charge in [0.25, 0.3) is 0 Å². The lowest BCUT2D eigenvalue weighted by molar-refractivity contribution is -0.128. The third-order valence-corrected chi connectivity index (χ3v) is 3.34. The second kappa shape index (κ2) is 6.23. The summed E-state index contributed by atoms with van der Waals surface area (Å²) >= 11 is 0. The first kappa shape index (κ1) is 14.1. The van der Waals surface area contributed by atoms with Crippen LogP contribution in [0.5, 0.6) is 0 Å². The Kier molecular flexibility index (Phi) is 4.40. The normalized spacial score (nSPS) is 10.3. The van der Waals surface area contributed by atoms with Gasteiger partial charge < -0.3 is 15.2 Å². The highest BCUT2D eigenvalue weighted by atomic mass is 16.2. The molecule has 20 heavy (non-hydrogen) atoms. The molecule has 5 nitrogen and oxygen atoms in total. The van der Waals surface area contributed by atoms with Crippen molar-refractivity contribution < 1.29 is 4.79 Å². The molecule has 0 aliphatic heterocycles. The average Bonchev–Trinajstić information content (AvgIpc) is 2.83. The molecule has 0 aliphatic carbocycles. The fourth-order valence-electron chi connectivity index (χ4n) is 1.94. The number of aromatic nitrogens is 2. The summed E-state index contributed by atoms with van der Waals surface area (Å²) in [5.41, 5.74) is 4.19. The molecule has 5 heteroatoms. The molecule has 0 aliphatic rings. The van der Waals surface area contributed by atoms with Crippen LogP contribution in [0.25, 0.3) is 0 Å². The molecule has 2 rings (SSSR count). The topological polar surface area (TPSA) is 61.0 Å². The van der Waals surface area contributed by atoms with Crippen LogP contribution in [0, 0.1) is 6.92 Å². The largest absolute Gasteiger partial charge is 0.379 e. The van der Waals surface area contributed by atoms with Crippen molar-refractivity contribution in [1.29, 1.82) is 0 Å². The Labute approximate surface area is 119 Å². The number of hydrogen-bond acceptors (Lipinski definition) is 3. The van der Waals surface area contributed by atoms with Gasteiger partial charge in [-0.05, 0) is 18.6 Å². The average molecular weight is 272 g/mol. The van der Waals surface area contributed by atoms with Gasteiger partial charge in [0.2, 0.25) is 5.91 Å². The predicted octanol–water partition coefficient (Wildman–Crippen LogP) is 2.31. The summed E-state index contributed by atoms with van der Waals surface area (Å²) in [4.78, 5) is 20.4. The second-order valence-electron chi connectivity index (χ2n) is 4.86. The third-order valence-electron chi connectivity index (χ3n) is 3.34. The number of hydrogen-bond donors (Lipinski definition) is 2.